The minimum Gasteiger partial charge on any atom is -0.863 e. The van der Waals surface area contributed by atoms with E-state index in [1.165, 1.54) is 28.3 Å². The third-order valence-electron chi connectivity index (χ3n) is 4.68. The Morgan fingerprint density at radius 2 is 2.20 bits per heavy atom. The fourth-order valence-corrected chi connectivity index (χ4v) is 7.97. The van der Waals surface area contributed by atoms with Gasteiger partial charge in [-0.3, -0.25) is 18.7 Å². The van der Waals surface area contributed by atoms with Gasteiger partial charge in [-0.2, -0.15) is 0 Å². The molecule has 1 saturated heterocycles. The molecule has 186 valence electrons. The van der Waals surface area contributed by atoms with Crippen molar-refractivity contribution < 1.29 is 62.1 Å². The third-order valence-corrected chi connectivity index (χ3v) is 10.1. The van der Waals surface area contributed by atoms with Crippen LogP contribution in [0.25, 0.3) is 0 Å². The number of hydrogen-bond donors (Lipinski definition) is 4. The number of carbonyl (C=O) groups is 2. The Balaban J connectivity index is 0.00000432. The molecule has 2 unspecified atom stereocenters. The number of carbonyl (C=O) groups excluding carboxylic acids is 2. The summed E-state index contributed by atoms with van der Waals surface area (Å²) in [5.41, 5.74) is 5.62. The van der Waals surface area contributed by atoms with E-state index in [0.29, 0.717) is 5.57 Å². The molecule has 0 bridgehead atoms. The predicted octanol–water partition coefficient (Wildman–Crippen LogP) is -5.11. The first-order chi connectivity index (χ1) is 15.9. The van der Waals surface area contributed by atoms with Crippen LogP contribution in [0.5, 0.6) is 0 Å². The molecule has 13 nitrogen and oxygen atoms in total. The van der Waals surface area contributed by atoms with E-state index in [0.717, 1.165) is 11.3 Å². The van der Waals surface area contributed by atoms with Crippen LogP contribution in [0.4, 0.5) is 5.13 Å². The Hall–Kier alpha value is -1.12. The standard InChI is InChI=1S/C16H20N6O7S5.Na/c1-33(27)6-34(28,29)18-3-2-7-4-31-14-10(13(24)22(14)11(7)15(25)30)20-12(23)9(21-26)8-5-32-16(17)19-8;/h5,10,14,18,26H,2-4,6H2,1H3,(H2,17,19)(H,20,23)(H,25,30);/q;+1/p-1/b21-9-;/t10?,14-,33?;/m1./s1. The minimum absolute atomic E-state index is 0. The van der Waals surface area contributed by atoms with E-state index in [1.807, 2.05) is 0 Å². The van der Waals surface area contributed by atoms with Gasteiger partial charge in [-0.05, 0) is 17.0 Å². The van der Waals surface area contributed by atoms with Gasteiger partial charge < -0.3 is 21.4 Å². The van der Waals surface area contributed by atoms with Crippen LogP contribution in [-0.2, 0) is 30.4 Å². The summed E-state index contributed by atoms with van der Waals surface area (Å²) in [6.45, 7) is -0.0680. The number of fused-ring (bicyclic) bond motifs is 1. The molecule has 5 N–H and O–H groups in total. The first-order valence-electron chi connectivity index (χ1n) is 9.35. The summed E-state index contributed by atoms with van der Waals surface area (Å²) in [5.74, 6) is -1.17. The molecular weight excluding hydrogens is 572 g/mol. The van der Waals surface area contributed by atoms with Crippen LogP contribution in [0, 0.1) is 0 Å². The molecule has 0 radical (unpaired) electrons. The largest absolute Gasteiger partial charge is 1.00 e. The quantitative estimate of drug-likeness (QED) is 0.0506. The molecule has 1 aromatic heterocycles. The Morgan fingerprint density at radius 3 is 2.74 bits per heavy atom. The fourth-order valence-electron chi connectivity index (χ4n) is 3.30. The molecule has 3 rings (SSSR count). The number of thioether (sulfide) groups is 1. The second-order valence-corrected chi connectivity index (χ2v) is 13.0. The number of nitrogens with one attached hydrogen (secondary N) is 2. The summed E-state index contributed by atoms with van der Waals surface area (Å²) in [5, 5.41) is 26.4. The monoisotopic (exact) mass is 590 g/mol. The number of oxime groups is 1. The number of rotatable bonds is 10. The average Bonchev–Trinajstić information content (AvgIpc) is 3.16. The van der Waals surface area contributed by atoms with Crippen molar-refractivity contribution >= 4 is 83.8 Å². The molecule has 1 aromatic rings. The third kappa shape index (κ3) is 7.01. The molecule has 35 heavy (non-hydrogen) atoms. The molecule has 0 aliphatic carbocycles. The molecule has 19 heteroatoms. The fraction of sp³-hybridized carbons (Fsp3) is 0.438. The van der Waals surface area contributed by atoms with E-state index >= 15 is 0 Å². The summed E-state index contributed by atoms with van der Waals surface area (Å²) >= 11 is 7.09. The second kappa shape index (κ2) is 12.4. The number of anilines is 1. The van der Waals surface area contributed by atoms with E-state index in [-0.39, 0.29) is 64.8 Å². The van der Waals surface area contributed by atoms with E-state index in [4.69, 9.17) is 18.0 Å². The molecular formula is C16H19N6NaO7S5. The molecule has 1 fully saturated rings. The van der Waals surface area contributed by atoms with E-state index < -0.39 is 59.9 Å². The number of thiazole rings is 1. The van der Waals surface area contributed by atoms with Crippen molar-refractivity contribution in [2.45, 2.75) is 17.8 Å². The molecule has 2 amide bonds. The molecule has 0 aromatic carbocycles. The topological polar surface area (TPSA) is 207 Å². The number of β-lactam (4-membered cyclic amide) rings is 1. The second-order valence-electron chi connectivity index (χ2n) is 7.07. The van der Waals surface area contributed by atoms with Crippen LogP contribution >= 0.6 is 35.3 Å². The van der Waals surface area contributed by atoms with Crippen molar-refractivity contribution in [2.75, 3.05) is 29.4 Å². The SMILES string of the molecule is CS(=O)CS(=O)(=O)NCCC1=C(C([O-])=S)N2C(=O)C(NC(=O)/C(=N\O)c3csc(N)n3)[C@H]2SC1.[Na+]. The number of hydrogen-bond acceptors (Lipinski definition) is 13. The summed E-state index contributed by atoms with van der Waals surface area (Å²) in [7, 11) is -5.30. The minimum atomic E-state index is -3.76. The molecule has 3 heterocycles. The summed E-state index contributed by atoms with van der Waals surface area (Å²) in [6, 6.07) is -1.01. The Morgan fingerprint density at radius 1 is 1.51 bits per heavy atom. The van der Waals surface area contributed by atoms with Crippen LogP contribution < -0.4 is 50.4 Å². The zero-order valence-corrected chi connectivity index (χ0v) is 24.5. The summed E-state index contributed by atoms with van der Waals surface area (Å²) in [6.07, 6.45) is 1.38. The van der Waals surface area contributed by atoms with Gasteiger partial charge in [-0.15, -0.1) is 23.1 Å². The maximum absolute atomic E-state index is 12.8. The van der Waals surface area contributed by atoms with Crippen LogP contribution in [0.2, 0.25) is 0 Å². The molecule has 2 aliphatic heterocycles. The number of nitrogens with zero attached hydrogens (tertiary/aromatic N) is 3. The number of sulfonamides is 1. The molecule has 3 atom stereocenters. The Labute approximate surface area is 238 Å². The van der Waals surface area contributed by atoms with Gasteiger partial charge in [0.15, 0.2) is 10.8 Å². The van der Waals surface area contributed by atoms with Crippen molar-refractivity contribution in [2.24, 2.45) is 5.16 Å². The maximum atomic E-state index is 12.8. The first-order valence-corrected chi connectivity index (χ1v) is 15.1. The Bertz CT molecular complexity index is 1220. The van der Waals surface area contributed by atoms with Crippen LogP contribution in [-0.4, -0.2) is 85.3 Å². The molecule has 2 aliphatic rings. The van der Waals surface area contributed by atoms with Gasteiger partial charge in [-0.25, -0.2) is 18.1 Å². The smallest absolute Gasteiger partial charge is 0.863 e. The first kappa shape index (κ1) is 30.1. The van der Waals surface area contributed by atoms with Crippen LogP contribution in [0.3, 0.4) is 0 Å². The zero-order chi connectivity index (χ0) is 25.2. The van der Waals surface area contributed by atoms with Gasteiger partial charge >= 0.3 is 29.6 Å². The van der Waals surface area contributed by atoms with Crippen molar-refractivity contribution in [1.82, 2.24) is 19.9 Å². The van der Waals surface area contributed by atoms with E-state index in [2.05, 4.69) is 20.2 Å². The number of nitrogens with two attached hydrogens (primary N) is 1. The van der Waals surface area contributed by atoms with Gasteiger partial charge in [0.05, 0.1) is 0 Å². The molecule has 0 saturated carbocycles. The van der Waals surface area contributed by atoms with E-state index in [9.17, 15) is 32.5 Å². The van der Waals surface area contributed by atoms with Crippen molar-refractivity contribution in [3.8, 4) is 0 Å². The van der Waals surface area contributed by atoms with Crippen LogP contribution in [0.1, 0.15) is 12.1 Å². The van der Waals surface area contributed by atoms with Gasteiger partial charge in [-0.1, -0.05) is 17.4 Å². The number of amides is 2. The van der Waals surface area contributed by atoms with Crippen molar-refractivity contribution in [1.29, 1.82) is 0 Å². The maximum Gasteiger partial charge on any atom is 1.00 e. The Kier molecular flexibility index (Phi) is 10.7. The van der Waals surface area contributed by atoms with Gasteiger partial charge in [0.1, 0.15) is 22.2 Å². The van der Waals surface area contributed by atoms with Gasteiger partial charge in [0, 0.05) is 40.4 Å². The predicted molar refractivity (Wildman–Crippen MR) is 130 cm³/mol. The summed E-state index contributed by atoms with van der Waals surface area (Å²) in [4.78, 5) is 30.4. The average molecular weight is 591 g/mol. The van der Waals surface area contributed by atoms with Gasteiger partial charge in [0.25, 0.3) is 11.8 Å². The number of thiocarbonyl (C=S) groups is 1. The van der Waals surface area contributed by atoms with Gasteiger partial charge in [0.2, 0.25) is 10.0 Å². The van der Waals surface area contributed by atoms with E-state index in [1.54, 1.807) is 0 Å². The van der Waals surface area contributed by atoms with Crippen molar-refractivity contribution in [3.63, 3.8) is 0 Å². The zero-order valence-electron chi connectivity index (χ0n) is 18.4. The molecule has 0 spiro atoms. The normalized spacial score (nSPS) is 21.0. The number of aromatic nitrogens is 1. The van der Waals surface area contributed by atoms with Crippen molar-refractivity contribution in [3.05, 3.63) is 22.3 Å². The van der Waals surface area contributed by atoms with Crippen LogP contribution in [0.15, 0.2) is 21.8 Å². The number of nitrogen functional groups attached to an aromatic ring is 1. The summed E-state index contributed by atoms with van der Waals surface area (Å²) < 4.78 is 37.2.